The summed E-state index contributed by atoms with van der Waals surface area (Å²) in [5, 5.41) is 2.70. The van der Waals surface area contributed by atoms with Gasteiger partial charge in [0.05, 0.1) is 6.54 Å². The van der Waals surface area contributed by atoms with Gasteiger partial charge >= 0.3 is 0 Å². The van der Waals surface area contributed by atoms with Crippen LogP contribution in [0.1, 0.15) is 32.6 Å². The van der Waals surface area contributed by atoms with Gasteiger partial charge in [-0.05, 0) is 38.0 Å². The Hall–Kier alpha value is -1.06. The van der Waals surface area contributed by atoms with E-state index in [1.54, 1.807) is 6.92 Å². The summed E-state index contributed by atoms with van der Waals surface area (Å²) in [5.41, 5.74) is 0. The number of carbonyl (C=O) groups is 2. The average molecular weight is 222 g/mol. The number of rotatable bonds is 1. The first kappa shape index (κ1) is 10.1. The molecule has 0 aromatic heterocycles. The smallest absolute Gasteiger partial charge is 0.245 e. The van der Waals surface area contributed by atoms with Gasteiger partial charge in [-0.1, -0.05) is 6.42 Å². The number of hydrogen-bond acceptors (Lipinski definition) is 2. The van der Waals surface area contributed by atoms with Crippen LogP contribution in [0.3, 0.4) is 0 Å². The van der Waals surface area contributed by atoms with Crippen LogP contribution in [-0.4, -0.2) is 35.3 Å². The predicted octanol–water partition coefficient (Wildman–Crippen LogP) is 0.522. The number of hydrogen-bond donors (Lipinski definition) is 1. The summed E-state index contributed by atoms with van der Waals surface area (Å²) in [5.74, 6) is 1.57. The van der Waals surface area contributed by atoms with E-state index >= 15 is 0 Å². The predicted molar refractivity (Wildman–Crippen MR) is 58.6 cm³/mol. The third-order valence-electron chi connectivity index (χ3n) is 4.45. The molecule has 3 aliphatic rings. The highest BCUT2D eigenvalue weighted by molar-refractivity contribution is 5.94. The van der Waals surface area contributed by atoms with Crippen molar-refractivity contribution < 1.29 is 9.59 Å². The molecule has 1 heterocycles. The van der Waals surface area contributed by atoms with Crippen molar-refractivity contribution in [2.45, 2.75) is 44.7 Å². The van der Waals surface area contributed by atoms with E-state index in [1.807, 2.05) is 4.90 Å². The van der Waals surface area contributed by atoms with Crippen LogP contribution in [0.2, 0.25) is 0 Å². The Labute approximate surface area is 95.4 Å². The van der Waals surface area contributed by atoms with Gasteiger partial charge in [0.1, 0.15) is 6.04 Å². The molecule has 0 radical (unpaired) electrons. The summed E-state index contributed by atoms with van der Waals surface area (Å²) in [7, 11) is 0. The summed E-state index contributed by atoms with van der Waals surface area (Å²) in [6.45, 7) is 2.05. The second-order valence-corrected chi connectivity index (χ2v) is 5.50. The van der Waals surface area contributed by atoms with Crippen molar-refractivity contribution in [3.8, 4) is 0 Å². The Morgan fingerprint density at radius 1 is 1.25 bits per heavy atom. The fraction of sp³-hybridized carbons (Fsp3) is 0.833. The van der Waals surface area contributed by atoms with Crippen LogP contribution in [0.4, 0.5) is 0 Å². The number of piperazine rings is 1. The molecular weight excluding hydrogens is 204 g/mol. The molecule has 3 rings (SSSR count). The topological polar surface area (TPSA) is 49.4 Å². The van der Waals surface area contributed by atoms with Gasteiger partial charge in [0.15, 0.2) is 0 Å². The standard InChI is InChI=1S/C12H18N2O2/c1-7-12(16)14(6-11(15)13-7)10-5-8-2-3-9(10)4-8/h7-10H,2-6H2,1H3,(H,13,15). The summed E-state index contributed by atoms with van der Waals surface area (Å²) < 4.78 is 0. The molecule has 4 atom stereocenters. The Balaban J connectivity index is 1.78. The fourth-order valence-electron chi connectivity index (χ4n) is 3.70. The maximum atomic E-state index is 12.0. The van der Waals surface area contributed by atoms with E-state index in [1.165, 1.54) is 19.3 Å². The number of nitrogens with zero attached hydrogens (tertiary/aromatic N) is 1. The van der Waals surface area contributed by atoms with Crippen molar-refractivity contribution in [1.82, 2.24) is 10.2 Å². The molecule has 4 heteroatoms. The largest absolute Gasteiger partial charge is 0.343 e. The minimum atomic E-state index is -0.333. The highest BCUT2D eigenvalue weighted by Gasteiger charge is 2.46. The molecule has 3 fully saturated rings. The lowest BCUT2D eigenvalue weighted by molar-refractivity contribution is -0.147. The molecule has 4 unspecified atom stereocenters. The quantitative estimate of drug-likeness (QED) is 0.703. The first-order chi connectivity index (χ1) is 7.65. The molecule has 2 amide bonds. The van der Waals surface area contributed by atoms with E-state index in [4.69, 9.17) is 0 Å². The zero-order valence-corrected chi connectivity index (χ0v) is 9.61. The Bertz CT molecular complexity index is 342. The lowest BCUT2D eigenvalue weighted by atomic mass is 9.93. The van der Waals surface area contributed by atoms with Crippen molar-refractivity contribution in [2.24, 2.45) is 11.8 Å². The van der Waals surface area contributed by atoms with Crippen molar-refractivity contribution in [3.05, 3.63) is 0 Å². The molecule has 0 spiro atoms. The minimum Gasteiger partial charge on any atom is -0.343 e. The highest BCUT2D eigenvalue weighted by Crippen LogP contribution is 2.46. The van der Waals surface area contributed by atoms with Gasteiger partial charge in [-0.15, -0.1) is 0 Å². The third kappa shape index (κ3) is 1.43. The molecule has 0 aromatic rings. The van der Waals surface area contributed by atoms with E-state index in [-0.39, 0.29) is 24.4 Å². The van der Waals surface area contributed by atoms with Crippen molar-refractivity contribution in [1.29, 1.82) is 0 Å². The van der Waals surface area contributed by atoms with Gasteiger partial charge in [-0.25, -0.2) is 0 Å². The van der Waals surface area contributed by atoms with Gasteiger partial charge in [0, 0.05) is 6.04 Å². The Morgan fingerprint density at radius 3 is 2.69 bits per heavy atom. The molecule has 88 valence electrons. The highest BCUT2D eigenvalue weighted by atomic mass is 16.2. The first-order valence-corrected chi connectivity index (χ1v) is 6.25. The van der Waals surface area contributed by atoms with Crippen LogP contribution in [-0.2, 0) is 9.59 Å². The average Bonchev–Trinajstić information content (AvgIpc) is 2.84. The molecule has 1 saturated heterocycles. The molecular formula is C12H18N2O2. The summed E-state index contributed by atoms with van der Waals surface area (Å²) in [6.07, 6.45) is 4.96. The molecule has 4 nitrogen and oxygen atoms in total. The lowest BCUT2D eigenvalue weighted by Crippen LogP contribution is -2.60. The van der Waals surface area contributed by atoms with Crippen LogP contribution in [0.25, 0.3) is 0 Å². The van der Waals surface area contributed by atoms with Gasteiger partial charge < -0.3 is 10.2 Å². The Morgan fingerprint density at radius 2 is 2.06 bits per heavy atom. The van der Waals surface area contributed by atoms with Gasteiger partial charge in [-0.3, -0.25) is 9.59 Å². The van der Waals surface area contributed by atoms with Crippen LogP contribution in [0.5, 0.6) is 0 Å². The zero-order valence-electron chi connectivity index (χ0n) is 9.61. The maximum Gasteiger partial charge on any atom is 0.245 e. The van der Waals surface area contributed by atoms with Crippen LogP contribution in [0, 0.1) is 11.8 Å². The van der Waals surface area contributed by atoms with E-state index in [9.17, 15) is 9.59 Å². The van der Waals surface area contributed by atoms with E-state index in [2.05, 4.69) is 5.32 Å². The monoisotopic (exact) mass is 222 g/mol. The third-order valence-corrected chi connectivity index (χ3v) is 4.45. The SMILES string of the molecule is CC1NC(=O)CN(C2CC3CCC2C3)C1=O. The van der Waals surface area contributed by atoms with E-state index in [0.717, 1.165) is 12.3 Å². The molecule has 2 aliphatic carbocycles. The van der Waals surface area contributed by atoms with Crippen molar-refractivity contribution >= 4 is 11.8 Å². The number of fused-ring (bicyclic) bond motifs is 2. The van der Waals surface area contributed by atoms with Crippen molar-refractivity contribution in [2.75, 3.05) is 6.54 Å². The first-order valence-electron chi connectivity index (χ1n) is 6.25. The van der Waals surface area contributed by atoms with E-state index < -0.39 is 0 Å². The lowest BCUT2D eigenvalue weighted by Gasteiger charge is -2.38. The molecule has 1 aliphatic heterocycles. The van der Waals surface area contributed by atoms with Crippen LogP contribution in [0.15, 0.2) is 0 Å². The second-order valence-electron chi connectivity index (χ2n) is 5.50. The Kier molecular flexibility index (Phi) is 2.19. The molecule has 2 saturated carbocycles. The summed E-state index contributed by atoms with van der Waals surface area (Å²) in [4.78, 5) is 25.4. The maximum absolute atomic E-state index is 12.0. The van der Waals surface area contributed by atoms with Crippen molar-refractivity contribution in [3.63, 3.8) is 0 Å². The molecule has 16 heavy (non-hydrogen) atoms. The zero-order chi connectivity index (χ0) is 11.3. The molecule has 1 N–H and O–H groups in total. The number of amides is 2. The molecule has 0 aromatic carbocycles. The van der Waals surface area contributed by atoms with Crippen LogP contribution < -0.4 is 5.32 Å². The van der Waals surface area contributed by atoms with Gasteiger partial charge in [0.2, 0.25) is 11.8 Å². The summed E-state index contributed by atoms with van der Waals surface area (Å²) in [6, 6.07) is 0.0140. The van der Waals surface area contributed by atoms with E-state index in [0.29, 0.717) is 12.0 Å². The molecule has 2 bridgehead atoms. The number of nitrogens with one attached hydrogen (secondary N) is 1. The minimum absolute atomic E-state index is 0.00475. The second kappa shape index (κ2) is 3.47. The fourth-order valence-corrected chi connectivity index (χ4v) is 3.70. The van der Waals surface area contributed by atoms with Gasteiger partial charge in [0.25, 0.3) is 0 Å². The van der Waals surface area contributed by atoms with Gasteiger partial charge in [-0.2, -0.15) is 0 Å². The summed E-state index contributed by atoms with van der Waals surface area (Å²) >= 11 is 0. The number of carbonyl (C=O) groups excluding carboxylic acids is 2. The normalized spacial score (nSPS) is 42.7. The van der Waals surface area contributed by atoms with Crippen LogP contribution >= 0.6 is 0 Å².